The molecule has 1 aliphatic heterocycles. The predicted octanol–water partition coefficient (Wildman–Crippen LogP) is 4.85. The third-order valence-electron chi connectivity index (χ3n) is 4.86. The van der Waals surface area contributed by atoms with Crippen LogP contribution in [-0.2, 0) is 19.5 Å². The minimum Gasteiger partial charge on any atom is -0.307 e. The van der Waals surface area contributed by atoms with Crippen molar-refractivity contribution in [2.24, 2.45) is 0 Å². The number of halogens is 1. The van der Waals surface area contributed by atoms with Gasteiger partial charge >= 0.3 is 6.03 Å². The van der Waals surface area contributed by atoms with E-state index >= 15 is 0 Å². The number of nitrogens with one attached hydrogen (secondary N) is 1. The van der Waals surface area contributed by atoms with Crippen molar-refractivity contribution in [3.05, 3.63) is 69.6 Å². The second-order valence-electron chi connectivity index (χ2n) is 6.89. The van der Waals surface area contributed by atoms with E-state index in [-0.39, 0.29) is 6.03 Å². The number of nitrogens with zero attached hydrogens (tertiary/aromatic N) is 4. The number of carbonyl (C=O) groups is 1. The fourth-order valence-corrected chi connectivity index (χ4v) is 3.75. The number of aryl methyl sites for hydroxylation is 1. The van der Waals surface area contributed by atoms with Gasteiger partial charge in [-0.05, 0) is 65.3 Å². The molecule has 0 unspecified atom stereocenters. The van der Waals surface area contributed by atoms with Crippen LogP contribution in [0.15, 0.2) is 54.6 Å². The van der Waals surface area contributed by atoms with Crippen LogP contribution in [0.3, 0.4) is 0 Å². The lowest BCUT2D eigenvalue weighted by molar-refractivity contribution is 0.256. The fourth-order valence-electron chi connectivity index (χ4n) is 3.39. The molecule has 0 atom stereocenters. The first-order valence-corrected chi connectivity index (χ1v) is 10.6. The predicted molar refractivity (Wildman–Crippen MR) is 118 cm³/mol. The second kappa shape index (κ2) is 8.72. The van der Waals surface area contributed by atoms with Crippen molar-refractivity contribution in [3.8, 4) is 0 Å². The van der Waals surface area contributed by atoms with E-state index in [1.54, 1.807) is 4.90 Å². The van der Waals surface area contributed by atoms with Gasteiger partial charge in [0.05, 0.1) is 6.54 Å². The molecule has 2 amide bonds. The van der Waals surface area contributed by atoms with Gasteiger partial charge in [-0.25, -0.2) is 4.79 Å². The molecule has 1 aliphatic rings. The minimum atomic E-state index is -0.204. The van der Waals surface area contributed by atoms with Crippen LogP contribution < -0.4 is 10.2 Å². The topological polar surface area (TPSA) is 63.1 Å². The van der Waals surface area contributed by atoms with E-state index in [2.05, 4.69) is 42.7 Å². The summed E-state index contributed by atoms with van der Waals surface area (Å²) in [5.41, 5.74) is 1.81. The number of rotatable bonds is 4. The van der Waals surface area contributed by atoms with Crippen LogP contribution in [0.4, 0.5) is 16.4 Å². The first-order valence-electron chi connectivity index (χ1n) is 9.51. The van der Waals surface area contributed by atoms with E-state index < -0.39 is 0 Å². The van der Waals surface area contributed by atoms with Crippen LogP contribution in [-0.4, -0.2) is 20.8 Å². The number of hydrogen-bond acceptors (Lipinski definition) is 3. The molecule has 0 aliphatic carbocycles. The van der Waals surface area contributed by atoms with Crippen LogP contribution >= 0.6 is 22.6 Å². The van der Waals surface area contributed by atoms with Crippen LogP contribution in [0.5, 0.6) is 0 Å². The van der Waals surface area contributed by atoms with Gasteiger partial charge in [0.15, 0.2) is 0 Å². The molecule has 2 aromatic carbocycles. The third kappa shape index (κ3) is 4.35. The average Bonchev–Trinajstić information content (AvgIpc) is 2.95. The zero-order valence-electron chi connectivity index (χ0n) is 15.5. The SMILES string of the molecule is O=C(Nc1ccccc1)N(Cc1ccc(I)cc1)c1nnc2n1CCCCC2. The van der Waals surface area contributed by atoms with Gasteiger partial charge in [0, 0.05) is 22.2 Å². The summed E-state index contributed by atoms with van der Waals surface area (Å²) in [6.07, 6.45) is 4.28. The number of carbonyl (C=O) groups excluding carboxylic acids is 1. The smallest absolute Gasteiger partial charge is 0.307 e. The van der Waals surface area contributed by atoms with Crippen molar-refractivity contribution in [2.45, 2.75) is 38.8 Å². The molecule has 0 spiro atoms. The number of fused-ring (bicyclic) bond motifs is 1. The van der Waals surface area contributed by atoms with Gasteiger partial charge in [0.2, 0.25) is 5.95 Å². The Labute approximate surface area is 178 Å². The second-order valence-corrected chi connectivity index (χ2v) is 8.13. The normalized spacial score (nSPS) is 13.5. The lowest BCUT2D eigenvalue weighted by atomic mass is 10.2. The average molecular weight is 487 g/mol. The van der Waals surface area contributed by atoms with Crippen molar-refractivity contribution in [3.63, 3.8) is 0 Å². The first-order chi connectivity index (χ1) is 13.7. The highest BCUT2D eigenvalue weighted by Crippen LogP contribution is 2.23. The Balaban J connectivity index is 1.66. The standard InChI is InChI=1S/C21H22IN5O/c22-17-12-10-16(11-13-17)15-27(21(28)23-18-7-3-1-4-8-18)20-25-24-19-9-5-2-6-14-26(19)20/h1,3-4,7-8,10-13H,2,5-6,9,14-15H2,(H,23,28). The lowest BCUT2D eigenvalue weighted by Crippen LogP contribution is -2.36. The molecule has 144 valence electrons. The Kier molecular flexibility index (Phi) is 5.90. The molecule has 0 radical (unpaired) electrons. The van der Waals surface area contributed by atoms with E-state index in [1.807, 2.05) is 54.6 Å². The Bertz CT molecular complexity index is 939. The van der Waals surface area contributed by atoms with Gasteiger partial charge < -0.3 is 5.32 Å². The number of urea groups is 1. The van der Waals surface area contributed by atoms with E-state index in [4.69, 9.17) is 0 Å². The van der Waals surface area contributed by atoms with Gasteiger partial charge in [-0.1, -0.05) is 36.8 Å². The molecule has 28 heavy (non-hydrogen) atoms. The monoisotopic (exact) mass is 487 g/mol. The summed E-state index contributed by atoms with van der Waals surface area (Å²) in [5, 5.41) is 11.8. The summed E-state index contributed by atoms with van der Waals surface area (Å²) in [6.45, 7) is 1.28. The molecule has 0 bridgehead atoms. The van der Waals surface area contributed by atoms with Crippen molar-refractivity contribution < 1.29 is 4.79 Å². The third-order valence-corrected chi connectivity index (χ3v) is 5.57. The molecule has 3 aromatic rings. The molecule has 6 nitrogen and oxygen atoms in total. The highest BCUT2D eigenvalue weighted by Gasteiger charge is 2.25. The van der Waals surface area contributed by atoms with Crippen LogP contribution in [0.2, 0.25) is 0 Å². The Morgan fingerprint density at radius 1 is 1.04 bits per heavy atom. The zero-order valence-corrected chi connectivity index (χ0v) is 17.7. The van der Waals surface area contributed by atoms with Gasteiger partial charge in [0.25, 0.3) is 0 Å². The maximum atomic E-state index is 13.2. The fraction of sp³-hybridized carbons (Fsp3) is 0.286. The maximum Gasteiger partial charge on any atom is 0.329 e. The van der Waals surface area contributed by atoms with E-state index in [0.717, 1.165) is 46.5 Å². The zero-order chi connectivity index (χ0) is 19.3. The number of anilines is 2. The van der Waals surface area contributed by atoms with E-state index in [1.165, 1.54) is 6.42 Å². The highest BCUT2D eigenvalue weighted by atomic mass is 127. The van der Waals surface area contributed by atoms with Crippen LogP contribution in [0, 0.1) is 3.57 Å². The van der Waals surface area contributed by atoms with Gasteiger partial charge in [0.1, 0.15) is 5.82 Å². The number of aromatic nitrogens is 3. The summed E-state index contributed by atoms with van der Waals surface area (Å²) in [7, 11) is 0. The van der Waals surface area contributed by atoms with Crippen LogP contribution in [0.25, 0.3) is 0 Å². The Morgan fingerprint density at radius 3 is 2.61 bits per heavy atom. The summed E-state index contributed by atoms with van der Waals surface area (Å²) in [5.74, 6) is 1.58. The van der Waals surface area contributed by atoms with Crippen molar-refractivity contribution >= 4 is 40.3 Å². The van der Waals surface area contributed by atoms with Gasteiger partial charge in [-0.15, -0.1) is 10.2 Å². The number of benzene rings is 2. The number of amides is 2. The van der Waals surface area contributed by atoms with Crippen molar-refractivity contribution in [1.82, 2.24) is 14.8 Å². The summed E-state index contributed by atoms with van der Waals surface area (Å²) in [6, 6.07) is 17.5. The van der Waals surface area contributed by atoms with Crippen molar-refractivity contribution in [2.75, 3.05) is 10.2 Å². The molecular weight excluding hydrogens is 465 g/mol. The van der Waals surface area contributed by atoms with Gasteiger partial charge in [-0.3, -0.25) is 9.47 Å². The largest absolute Gasteiger partial charge is 0.329 e. The minimum absolute atomic E-state index is 0.204. The molecule has 0 saturated heterocycles. The molecule has 2 heterocycles. The summed E-state index contributed by atoms with van der Waals surface area (Å²) in [4.78, 5) is 14.9. The molecule has 4 rings (SSSR count). The number of hydrogen-bond donors (Lipinski definition) is 1. The van der Waals surface area contributed by atoms with E-state index in [9.17, 15) is 4.79 Å². The molecule has 1 aromatic heterocycles. The van der Waals surface area contributed by atoms with Gasteiger partial charge in [-0.2, -0.15) is 0 Å². The van der Waals surface area contributed by atoms with Crippen LogP contribution in [0.1, 0.15) is 30.7 Å². The Hall–Kier alpha value is -2.42. The molecular formula is C21H22IN5O. The molecule has 7 heteroatoms. The quantitative estimate of drug-likeness (QED) is 0.536. The summed E-state index contributed by atoms with van der Waals surface area (Å²) >= 11 is 2.28. The molecule has 0 saturated carbocycles. The first kappa shape index (κ1) is 18.9. The maximum absolute atomic E-state index is 13.2. The highest BCUT2D eigenvalue weighted by molar-refractivity contribution is 14.1. The number of para-hydroxylation sites is 1. The summed E-state index contributed by atoms with van der Waals surface area (Å²) < 4.78 is 3.27. The lowest BCUT2D eigenvalue weighted by Gasteiger charge is -2.23. The van der Waals surface area contributed by atoms with Crippen molar-refractivity contribution in [1.29, 1.82) is 0 Å². The Morgan fingerprint density at radius 2 is 1.82 bits per heavy atom. The molecule has 0 fully saturated rings. The molecule has 1 N–H and O–H groups in total. The van der Waals surface area contributed by atoms with E-state index in [0.29, 0.717) is 12.5 Å².